The fourth-order valence-corrected chi connectivity index (χ4v) is 2.32. The predicted octanol–water partition coefficient (Wildman–Crippen LogP) is 1.12. The molecule has 0 saturated carbocycles. The number of hydrogen-bond acceptors (Lipinski definition) is 3. The van der Waals surface area contributed by atoms with E-state index in [0.717, 1.165) is 0 Å². The third-order valence-corrected chi connectivity index (χ3v) is 2.75. The molecule has 5 nitrogen and oxygen atoms in total. The molecule has 1 N–H and O–H groups in total. The summed E-state index contributed by atoms with van der Waals surface area (Å²) >= 11 is 0. The minimum absolute atomic E-state index is 0.345. The number of carboxylic acids is 1. The maximum atomic E-state index is 12.0. The Morgan fingerprint density at radius 1 is 1.18 bits per heavy atom. The topological polar surface area (TPSA) is 66.8 Å². The summed E-state index contributed by atoms with van der Waals surface area (Å²) in [6.07, 6.45) is 0. The fraction of sp³-hybridized carbons (Fsp3) is 0.833. The van der Waals surface area contributed by atoms with Crippen molar-refractivity contribution in [2.45, 2.75) is 45.8 Å². The molecule has 98 valence electrons. The third-order valence-electron chi connectivity index (χ3n) is 2.75. The molecule has 0 aliphatic carbocycles. The van der Waals surface area contributed by atoms with Gasteiger partial charge >= 0.3 is 5.97 Å². The van der Waals surface area contributed by atoms with Crippen molar-refractivity contribution >= 4 is 11.9 Å². The zero-order chi connectivity index (χ0) is 13.4. The first kappa shape index (κ1) is 14.0. The van der Waals surface area contributed by atoms with Crippen molar-refractivity contribution in [2.75, 3.05) is 13.1 Å². The van der Waals surface area contributed by atoms with Crippen LogP contribution in [0.2, 0.25) is 0 Å². The second kappa shape index (κ2) is 4.29. The Labute approximate surface area is 102 Å². The van der Waals surface area contributed by atoms with Crippen LogP contribution in [-0.4, -0.2) is 46.2 Å². The average Bonchev–Trinajstić information content (AvgIpc) is 2.10. The van der Waals surface area contributed by atoms with Crippen LogP contribution in [0.25, 0.3) is 0 Å². The van der Waals surface area contributed by atoms with Crippen molar-refractivity contribution < 1.29 is 19.4 Å². The van der Waals surface area contributed by atoms with Gasteiger partial charge in [-0.25, -0.2) is 0 Å². The zero-order valence-electron chi connectivity index (χ0n) is 11.1. The lowest BCUT2D eigenvalue weighted by Gasteiger charge is -2.47. The summed E-state index contributed by atoms with van der Waals surface area (Å²) in [7, 11) is 0. The average molecular weight is 243 g/mol. The van der Waals surface area contributed by atoms with Crippen molar-refractivity contribution in [3.05, 3.63) is 0 Å². The summed E-state index contributed by atoms with van der Waals surface area (Å²) in [4.78, 5) is 24.4. The van der Waals surface area contributed by atoms with Gasteiger partial charge < -0.3 is 14.7 Å². The number of carbonyl (C=O) groups excluding carboxylic acids is 1. The van der Waals surface area contributed by atoms with Gasteiger partial charge in [0.25, 0.3) is 0 Å². The minimum Gasteiger partial charge on any atom is -0.481 e. The number of ether oxygens (including phenoxy) is 1. The molecule has 17 heavy (non-hydrogen) atoms. The second-order valence-electron chi connectivity index (χ2n) is 5.88. The summed E-state index contributed by atoms with van der Waals surface area (Å²) in [5, 5.41) is 8.86. The maximum Gasteiger partial charge on any atom is 0.315 e. The molecule has 0 spiro atoms. The second-order valence-corrected chi connectivity index (χ2v) is 5.88. The van der Waals surface area contributed by atoms with E-state index >= 15 is 0 Å². The van der Waals surface area contributed by atoms with Crippen LogP contribution in [0.1, 0.15) is 34.6 Å². The summed E-state index contributed by atoms with van der Waals surface area (Å²) < 4.78 is 5.84. The Balaban J connectivity index is 2.84. The molecule has 1 heterocycles. The van der Waals surface area contributed by atoms with Gasteiger partial charge in [-0.2, -0.15) is 0 Å². The van der Waals surface area contributed by atoms with Gasteiger partial charge in [0.2, 0.25) is 5.91 Å². The van der Waals surface area contributed by atoms with Gasteiger partial charge in [-0.05, 0) is 34.6 Å². The van der Waals surface area contributed by atoms with Crippen LogP contribution < -0.4 is 0 Å². The lowest BCUT2D eigenvalue weighted by atomic mass is 9.97. The van der Waals surface area contributed by atoms with Gasteiger partial charge in [-0.3, -0.25) is 9.59 Å². The summed E-state index contributed by atoms with van der Waals surface area (Å²) in [6.45, 7) is 9.87. The summed E-state index contributed by atoms with van der Waals surface area (Å²) in [5.41, 5.74) is -0.898. The monoisotopic (exact) mass is 243 g/mol. The van der Waals surface area contributed by atoms with Crippen molar-refractivity contribution in [2.24, 2.45) is 5.92 Å². The van der Waals surface area contributed by atoms with E-state index in [4.69, 9.17) is 9.84 Å². The van der Waals surface area contributed by atoms with Gasteiger partial charge in [0.15, 0.2) is 0 Å². The molecule has 1 aliphatic heterocycles. The number of aliphatic carboxylic acids is 1. The zero-order valence-corrected chi connectivity index (χ0v) is 11.1. The first-order valence-electron chi connectivity index (χ1n) is 5.76. The molecule has 1 atom stereocenters. The highest BCUT2D eigenvalue weighted by Gasteiger charge is 2.41. The molecule has 5 heteroatoms. The van der Waals surface area contributed by atoms with E-state index in [2.05, 4.69) is 0 Å². The van der Waals surface area contributed by atoms with Crippen LogP contribution in [0.5, 0.6) is 0 Å². The fourth-order valence-electron chi connectivity index (χ4n) is 2.32. The molecule has 0 bridgehead atoms. The number of morpholine rings is 1. The van der Waals surface area contributed by atoms with Crippen molar-refractivity contribution in [1.82, 2.24) is 4.90 Å². The molecule has 1 aliphatic rings. The molecule has 0 aromatic heterocycles. The SMILES string of the molecule is CC(C(=O)O)C(=O)N1CC(C)(C)OC(C)(C)C1. The van der Waals surface area contributed by atoms with Crippen molar-refractivity contribution in [3.8, 4) is 0 Å². The molecule has 1 unspecified atom stereocenters. The molecule has 1 rings (SSSR count). The Kier molecular flexibility index (Phi) is 3.52. The van der Waals surface area contributed by atoms with E-state index in [9.17, 15) is 9.59 Å². The van der Waals surface area contributed by atoms with Gasteiger partial charge in [-0.1, -0.05) is 0 Å². The van der Waals surface area contributed by atoms with E-state index in [1.807, 2.05) is 27.7 Å². The lowest BCUT2D eigenvalue weighted by Crippen LogP contribution is -2.59. The molecule has 0 aromatic carbocycles. The Morgan fingerprint density at radius 3 is 1.94 bits per heavy atom. The smallest absolute Gasteiger partial charge is 0.315 e. The van der Waals surface area contributed by atoms with Gasteiger partial charge in [0, 0.05) is 13.1 Å². The van der Waals surface area contributed by atoms with Crippen LogP contribution in [0.15, 0.2) is 0 Å². The first-order chi connectivity index (χ1) is 7.54. The Morgan fingerprint density at radius 2 is 1.59 bits per heavy atom. The van der Waals surface area contributed by atoms with Crippen molar-refractivity contribution in [1.29, 1.82) is 0 Å². The number of carbonyl (C=O) groups is 2. The normalized spacial score (nSPS) is 24.2. The summed E-state index contributed by atoms with van der Waals surface area (Å²) in [6, 6.07) is 0. The van der Waals surface area contributed by atoms with Gasteiger partial charge in [0.05, 0.1) is 11.2 Å². The molecule has 1 amide bonds. The van der Waals surface area contributed by atoms with Crippen LogP contribution in [-0.2, 0) is 14.3 Å². The Bertz CT molecular complexity index is 319. The quantitative estimate of drug-likeness (QED) is 0.738. The lowest BCUT2D eigenvalue weighted by molar-refractivity contribution is -0.191. The van der Waals surface area contributed by atoms with Crippen LogP contribution in [0, 0.1) is 5.92 Å². The standard InChI is InChI=1S/C12H21NO4/c1-8(10(15)16)9(14)13-6-11(2,3)17-12(4,5)7-13/h8H,6-7H2,1-5H3,(H,15,16). The molecular weight excluding hydrogens is 222 g/mol. The Hall–Kier alpha value is -1.10. The number of hydrogen-bond donors (Lipinski definition) is 1. The highest BCUT2D eigenvalue weighted by atomic mass is 16.5. The van der Waals surface area contributed by atoms with Gasteiger partial charge in [0.1, 0.15) is 5.92 Å². The van der Waals surface area contributed by atoms with Gasteiger partial charge in [-0.15, -0.1) is 0 Å². The number of rotatable bonds is 2. The largest absolute Gasteiger partial charge is 0.481 e. The van der Waals surface area contributed by atoms with E-state index < -0.39 is 23.1 Å². The molecule has 1 saturated heterocycles. The third kappa shape index (κ3) is 3.43. The van der Waals surface area contributed by atoms with E-state index in [-0.39, 0.29) is 5.91 Å². The molecular formula is C12H21NO4. The van der Waals surface area contributed by atoms with E-state index in [1.54, 1.807) is 4.90 Å². The van der Waals surface area contributed by atoms with E-state index in [0.29, 0.717) is 13.1 Å². The predicted molar refractivity (Wildman–Crippen MR) is 62.6 cm³/mol. The molecule has 0 aromatic rings. The highest BCUT2D eigenvalue weighted by Crippen LogP contribution is 2.28. The number of carboxylic acid groups (broad SMARTS) is 1. The van der Waals surface area contributed by atoms with Crippen LogP contribution in [0.3, 0.4) is 0 Å². The minimum atomic E-state index is -1.09. The highest BCUT2D eigenvalue weighted by molar-refractivity contribution is 5.96. The molecule has 0 radical (unpaired) electrons. The van der Waals surface area contributed by atoms with Crippen LogP contribution >= 0.6 is 0 Å². The summed E-state index contributed by atoms with van der Waals surface area (Å²) in [5.74, 6) is -2.43. The maximum absolute atomic E-state index is 12.0. The van der Waals surface area contributed by atoms with Crippen molar-refractivity contribution in [3.63, 3.8) is 0 Å². The molecule has 1 fully saturated rings. The number of amides is 1. The number of nitrogens with zero attached hydrogens (tertiary/aromatic N) is 1. The van der Waals surface area contributed by atoms with Crippen LogP contribution in [0.4, 0.5) is 0 Å². The first-order valence-corrected chi connectivity index (χ1v) is 5.76. The van der Waals surface area contributed by atoms with E-state index in [1.165, 1.54) is 6.92 Å².